The van der Waals surface area contributed by atoms with Crippen molar-refractivity contribution in [2.75, 3.05) is 30.0 Å². The Morgan fingerprint density at radius 3 is 2.67 bits per heavy atom. The molecular weight excluding hydrogens is 490 g/mol. The van der Waals surface area contributed by atoms with Gasteiger partial charge in [0.1, 0.15) is 18.8 Å². The third kappa shape index (κ3) is 2.31. The largest absolute Gasteiger partial charge is 0.486 e. The zero-order chi connectivity index (χ0) is 22.5. The molecule has 0 aliphatic carbocycles. The standard InChI is InChI=1S/C24H20BrN3O5/c25-12-3-5-15-14(10-12)24(23(31)26-15)20-19(16-2-1-7-27(16)24)21(29)28(22(20)30)13-4-6-17-18(11-13)33-9-8-32-17/h3-6,10-11,16,19-20H,1-2,7-9H2,(H,26,31)/t16-,19+,20+,24-/m1/s1. The molecule has 2 aromatic carbocycles. The van der Waals surface area contributed by atoms with Crippen molar-refractivity contribution in [1.82, 2.24) is 4.90 Å². The summed E-state index contributed by atoms with van der Waals surface area (Å²) < 4.78 is 12.1. The van der Waals surface area contributed by atoms with Gasteiger partial charge in [0, 0.05) is 27.8 Å². The third-order valence-electron chi connectivity index (χ3n) is 7.74. The van der Waals surface area contributed by atoms with Crippen LogP contribution in [-0.2, 0) is 19.9 Å². The molecular formula is C24H20BrN3O5. The number of imide groups is 1. The molecule has 2 aromatic rings. The van der Waals surface area contributed by atoms with Crippen LogP contribution >= 0.6 is 15.9 Å². The molecule has 5 heterocycles. The highest BCUT2D eigenvalue weighted by molar-refractivity contribution is 9.10. The first-order valence-corrected chi connectivity index (χ1v) is 12.0. The molecule has 3 saturated heterocycles. The lowest BCUT2D eigenvalue weighted by molar-refractivity contribution is -0.135. The molecule has 168 valence electrons. The summed E-state index contributed by atoms with van der Waals surface area (Å²) in [5, 5.41) is 2.99. The summed E-state index contributed by atoms with van der Waals surface area (Å²) in [6.45, 7) is 1.55. The van der Waals surface area contributed by atoms with Crippen LogP contribution < -0.4 is 19.7 Å². The molecule has 0 saturated carbocycles. The van der Waals surface area contributed by atoms with Crippen LogP contribution in [-0.4, -0.2) is 48.4 Å². The number of benzene rings is 2. The molecule has 5 aliphatic rings. The van der Waals surface area contributed by atoms with Crippen LogP contribution in [0.25, 0.3) is 0 Å². The summed E-state index contributed by atoms with van der Waals surface area (Å²) in [7, 11) is 0. The average Bonchev–Trinajstić information content (AvgIpc) is 3.52. The molecule has 5 aliphatic heterocycles. The molecule has 1 spiro atoms. The first kappa shape index (κ1) is 19.5. The van der Waals surface area contributed by atoms with Crippen molar-refractivity contribution in [1.29, 1.82) is 0 Å². The number of hydrogen-bond acceptors (Lipinski definition) is 6. The number of anilines is 2. The van der Waals surface area contributed by atoms with Gasteiger partial charge in [0.15, 0.2) is 11.5 Å². The molecule has 0 radical (unpaired) electrons. The monoisotopic (exact) mass is 509 g/mol. The smallest absolute Gasteiger partial charge is 0.250 e. The van der Waals surface area contributed by atoms with Gasteiger partial charge in [-0.3, -0.25) is 19.3 Å². The van der Waals surface area contributed by atoms with E-state index < -0.39 is 17.4 Å². The van der Waals surface area contributed by atoms with Gasteiger partial charge >= 0.3 is 0 Å². The van der Waals surface area contributed by atoms with E-state index in [2.05, 4.69) is 26.1 Å². The first-order valence-electron chi connectivity index (χ1n) is 11.2. The van der Waals surface area contributed by atoms with E-state index in [0.29, 0.717) is 42.6 Å². The van der Waals surface area contributed by atoms with Crippen LogP contribution in [0.4, 0.5) is 11.4 Å². The highest BCUT2D eigenvalue weighted by Gasteiger charge is 2.74. The van der Waals surface area contributed by atoms with Crippen molar-refractivity contribution in [2.45, 2.75) is 24.4 Å². The van der Waals surface area contributed by atoms with Gasteiger partial charge in [0.05, 0.1) is 17.5 Å². The molecule has 0 aromatic heterocycles. The number of nitrogens with one attached hydrogen (secondary N) is 1. The van der Waals surface area contributed by atoms with Crippen molar-refractivity contribution in [3.63, 3.8) is 0 Å². The summed E-state index contributed by atoms with van der Waals surface area (Å²) in [4.78, 5) is 44.8. The van der Waals surface area contributed by atoms with Crippen molar-refractivity contribution in [2.24, 2.45) is 11.8 Å². The lowest BCUT2D eigenvalue weighted by Crippen LogP contribution is -2.54. The fourth-order valence-corrected chi connectivity index (χ4v) is 6.96. The maximum absolute atomic E-state index is 14.0. The van der Waals surface area contributed by atoms with Crippen LogP contribution in [0.3, 0.4) is 0 Å². The Hall–Kier alpha value is -2.91. The summed E-state index contributed by atoms with van der Waals surface area (Å²) in [5.74, 6) is -1.04. The average molecular weight is 510 g/mol. The van der Waals surface area contributed by atoms with E-state index in [1.807, 2.05) is 18.2 Å². The Bertz CT molecular complexity index is 1260. The van der Waals surface area contributed by atoms with Crippen LogP contribution in [0.2, 0.25) is 0 Å². The van der Waals surface area contributed by atoms with Gasteiger partial charge in [-0.05, 0) is 49.7 Å². The van der Waals surface area contributed by atoms with E-state index in [4.69, 9.17) is 9.47 Å². The fourth-order valence-electron chi connectivity index (χ4n) is 6.60. The van der Waals surface area contributed by atoms with Crippen molar-refractivity contribution < 1.29 is 23.9 Å². The highest BCUT2D eigenvalue weighted by Crippen LogP contribution is 2.61. The second kappa shape index (κ2) is 6.57. The minimum atomic E-state index is -1.18. The van der Waals surface area contributed by atoms with Crippen LogP contribution in [0.1, 0.15) is 18.4 Å². The van der Waals surface area contributed by atoms with Gasteiger partial charge in [-0.25, -0.2) is 4.90 Å². The van der Waals surface area contributed by atoms with Gasteiger partial charge in [-0.15, -0.1) is 0 Å². The second-order valence-electron chi connectivity index (χ2n) is 9.16. The maximum Gasteiger partial charge on any atom is 0.250 e. The Kier molecular flexibility index (Phi) is 3.89. The van der Waals surface area contributed by atoms with Crippen molar-refractivity contribution in [3.8, 4) is 11.5 Å². The van der Waals surface area contributed by atoms with E-state index in [9.17, 15) is 14.4 Å². The minimum absolute atomic E-state index is 0.149. The molecule has 8 nitrogen and oxygen atoms in total. The van der Waals surface area contributed by atoms with Crippen LogP contribution in [0.15, 0.2) is 40.9 Å². The molecule has 4 atom stereocenters. The van der Waals surface area contributed by atoms with Crippen LogP contribution in [0, 0.1) is 11.8 Å². The van der Waals surface area contributed by atoms with E-state index >= 15 is 0 Å². The van der Waals surface area contributed by atoms with Gasteiger partial charge in [0.2, 0.25) is 17.7 Å². The zero-order valence-electron chi connectivity index (χ0n) is 17.5. The van der Waals surface area contributed by atoms with Crippen molar-refractivity contribution in [3.05, 3.63) is 46.4 Å². The van der Waals surface area contributed by atoms with Crippen LogP contribution in [0.5, 0.6) is 11.5 Å². The zero-order valence-corrected chi connectivity index (χ0v) is 19.1. The van der Waals surface area contributed by atoms with Gasteiger partial charge < -0.3 is 14.8 Å². The number of nitrogens with zero attached hydrogens (tertiary/aromatic N) is 2. The number of halogens is 1. The predicted octanol–water partition coefficient (Wildman–Crippen LogP) is 2.65. The lowest BCUT2D eigenvalue weighted by Gasteiger charge is -2.36. The quantitative estimate of drug-likeness (QED) is 0.594. The first-order chi connectivity index (χ1) is 16.0. The summed E-state index contributed by atoms with van der Waals surface area (Å²) in [6.07, 6.45) is 1.67. The summed E-state index contributed by atoms with van der Waals surface area (Å²) in [5.41, 5.74) is 0.746. The number of ether oxygens (including phenoxy) is 2. The number of amides is 3. The number of hydrogen-bond donors (Lipinski definition) is 1. The Labute approximate surface area is 197 Å². The number of fused-ring (bicyclic) bond motifs is 8. The minimum Gasteiger partial charge on any atom is -0.486 e. The van der Waals surface area contributed by atoms with Gasteiger partial charge in [-0.1, -0.05) is 15.9 Å². The molecule has 0 unspecified atom stereocenters. The SMILES string of the molecule is O=C1[C@H]2[C@H]3CCCN3[C@@]3(C(=O)Nc4ccc(Br)cc43)[C@@H]2C(=O)N1c1ccc2c(c1)OCCO2. The maximum atomic E-state index is 14.0. The van der Waals surface area contributed by atoms with E-state index in [0.717, 1.165) is 22.9 Å². The molecule has 7 rings (SSSR count). The summed E-state index contributed by atoms with van der Waals surface area (Å²) in [6, 6.07) is 10.6. The molecule has 9 heteroatoms. The topological polar surface area (TPSA) is 88.2 Å². The number of rotatable bonds is 1. The molecule has 33 heavy (non-hydrogen) atoms. The Balaban J connectivity index is 1.39. The van der Waals surface area contributed by atoms with E-state index in [1.165, 1.54) is 4.90 Å². The van der Waals surface area contributed by atoms with E-state index in [1.54, 1.807) is 18.2 Å². The van der Waals surface area contributed by atoms with Gasteiger partial charge in [0.25, 0.3) is 0 Å². The lowest BCUT2D eigenvalue weighted by atomic mass is 9.75. The third-order valence-corrected chi connectivity index (χ3v) is 8.23. The second-order valence-corrected chi connectivity index (χ2v) is 10.1. The van der Waals surface area contributed by atoms with E-state index in [-0.39, 0.29) is 23.8 Å². The molecule has 3 fully saturated rings. The normalized spacial score (nSPS) is 31.7. The summed E-state index contributed by atoms with van der Waals surface area (Å²) >= 11 is 3.53. The van der Waals surface area contributed by atoms with Gasteiger partial charge in [-0.2, -0.15) is 0 Å². The Morgan fingerprint density at radius 1 is 1.00 bits per heavy atom. The molecule has 1 N–H and O–H groups in total. The molecule has 3 amide bonds. The number of carbonyl (C=O) groups excluding carboxylic acids is 3. The molecule has 0 bridgehead atoms. The number of carbonyl (C=O) groups is 3. The Morgan fingerprint density at radius 2 is 1.82 bits per heavy atom. The van der Waals surface area contributed by atoms with Crippen molar-refractivity contribution >= 4 is 45.0 Å². The predicted molar refractivity (Wildman–Crippen MR) is 121 cm³/mol. The highest BCUT2D eigenvalue weighted by atomic mass is 79.9. The fraction of sp³-hybridized carbons (Fsp3) is 0.375.